The number of aromatic nitrogens is 4. The second kappa shape index (κ2) is 5.60. The Balaban J connectivity index is 1.76. The number of halogens is 1. The standard InChI is InChI=1S/C13H12ClN5S/c1-9-16-17-18-19(9)11-4-2-3-10(7-11)15-8-12-5-6-13(14)20-12/h2-7,15H,8H2,1H3. The minimum absolute atomic E-state index is 0.745. The van der Waals surface area contributed by atoms with Gasteiger partial charge in [0.1, 0.15) is 0 Å². The Bertz CT molecular complexity index is 721. The molecule has 0 saturated carbocycles. The van der Waals surface area contributed by atoms with Crippen molar-refractivity contribution in [3.63, 3.8) is 0 Å². The average Bonchev–Trinajstić information content (AvgIpc) is 3.05. The van der Waals surface area contributed by atoms with Crippen molar-refractivity contribution in [1.82, 2.24) is 20.2 Å². The second-order valence-electron chi connectivity index (χ2n) is 4.25. The molecule has 0 atom stereocenters. The monoisotopic (exact) mass is 305 g/mol. The highest BCUT2D eigenvalue weighted by Crippen LogP contribution is 2.22. The molecule has 20 heavy (non-hydrogen) atoms. The lowest BCUT2D eigenvalue weighted by Crippen LogP contribution is -2.02. The van der Waals surface area contributed by atoms with Gasteiger partial charge in [-0.1, -0.05) is 17.7 Å². The molecule has 0 saturated heterocycles. The molecule has 0 bridgehead atoms. The Morgan fingerprint density at radius 1 is 1.30 bits per heavy atom. The van der Waals surface area contributed by atoms with Gasteiger partial charge in [0.15, 0.2) is 5.82 Å². The molecule has 0 radical (unpaired) electrons. The van der Waals surface area contributed by atoms with Gasteiger partial charge in [-0.3, -0.25) is 0 Å². The summed E-state index contributed by atoms with van der Waals surface area (Å²) in [6.07, 6.45) is 0. The zero-order valence-electron chi connectivity index (χ0n) is 10.7. The molecule has 7 heteroatoms. The van der Waals surface area contributed by atoms with Crippen LogP contribution >= 0.6 is 22.9 Å². The maximum atomic E-state index is 5.92. The summed E-state index contributed by atoms with van der Waals surface area (Å²) in [7, 11) is 0. The number of hydrogen-bond donors (Lipinski definition) is 1. The van der Waals surface area contributed by atoms with Gasteiger partial charge in [-0.05, 0) is 47.7 Å². The highest BCUT2D eigenvalue weighted by atomic mass is 35.5. The Morgan fingerprint density at radius 2 is 2.20 bits per heavy atom. The van der Waals surface area contributed by atoms with Crippen LogP contribution in [0.5, 0.6) is 0 Å². The molecule has 0 spiro atoms. The number of rotatable bonds is 4. The SMILES string of the molecule is Cc1nnnn1-c1cccc(NCc2ccc(Cl)s2)c1. The summed E-state index contributed by atoms with van der Waals surface area (Å²) < 4.78 is 2.51. The fourth-order valence-corrected chi connectivity index (χ4v) is 2.88. The van der Waals surface area contributed by atoms with E-state index in [0.717, 1.165) is 28.1 Å². The quantitative estimate of drug-likeness (QED) is 0.803. The van der Waals surface area contributed by atoms with E-state index in [4.69, 9.17) is 11.6 Å². The summed E-state index contributed by atoms with van der Waals surface area (Å²) in [5.74, 6) is 0.757. The Labute approximate surface area is 125 Å². The molecule has 0 aliphatic heterocycles. The van der Waals surface area contributed by atoms with E-state index in [2.05, 4.69) is 20.8 Å². The third-order valence-electron chi connectivity index (χ3n) is 2.81. The van der Waals surface area contributed by atoms with Gasteiger partial charge < -0.3 is 5.32 Å². The van der Waals surface area contributed by atoms with Crippen LogP contribution in [0.3, 0.4) is 0 Å². The number of nitrogens with one attached hydrogen (secondary N) is 1. The lowest BCUT2D eigenvalue weighted by Gasteiger charge is -2.07. The molecule has 3 rings (SSSR count). The normalized spacial score (nSPS) is 10.7. The molecule has 2 aromatic heterocycles. The van der Waals surface area contributed by atoms with Crippen molar-refractivity contribution < 1.29 is 0 Å². The van der Waals surface area contributed by atoms with Crippen LogP contribution < -0.4 is 5.32 Å². The molecule has 1 aromatic carbocycles. The van der Waals surface area contributed by atoms with E-state index >= 15 is 0 Å². The highest BCUT2D eigenvalue weighted by Gasteiger charge is 2.04. The summed E-state index contributed by atoms with van der Waals surface area (Å²) in [6, 6.07) is 11.9. The van der Waals surface area contributed by atoms with Crippen LogP contribution in [0.4, 0.5) is 5.69 Å². The third kappa shape index (κ3) is 2.81. The topological polar surface area (TPSA) is 55.6 Å². The molecule has 0 aliphatic carbocycles. The number of aryl methyl sites for hydroxylation is 1. The van der Waals surface area contributed by atoms with Gasteiger partial charge in [0.2, 0.25) is 0 Å². The molecule has 102 valence electrons. The number of thiophene rings is 1. The summed E-state index contributed by atoms with van der Waals surface area (Å²) in [5, 5.41) is 14.9. The smallest absolute Gasteiger partial charge is 0.153 e. The van der Waals surface area contributed by atoms with E-state index < -0.39 is 0 Å². The number of hydrogen-bond acceptors (Lipinski definition) is 5. The average molecular weight is 306 g/mol. The van der Waals surface area contributed by atoms with E-state index in [0.29, 0.717) is 0 Å². The molecule has 1 N–H and O–H groups in total. The first kappa shape index (κ1) is 13.1. The first-order valence-electron chi connectivity index (χ1n) is 6.06. The Hall–Kier alpha value is -1.92. The molecule has 0 fully saturated rings. The van der Waals surface area contributed by atoms with Gasteiger partial charge >= 0.3 is 0 Å². The largest absolute Gasteiger partial charge is 0.380 e. The zero-order valence-corrected chi connectivity index (χ0v) is 12.3. The van der Waals surface area contributed by atoms with Crippen molar-refractivity contribution in [2.75, 3.05) is 5.32 Å². The van der Waals surface area contributed by atoms with E-state index in [1.807, 2.05) is 43.3 Å². The fourth-order valence-electron chi connectivity index (χ4n) is 1.85. The van der Waals surface area contributed by atoms with Crippen LogP contribution in [0, 0.1) is 6.92 Å². The maximum Gasteiger partial charge on any atom is 0.153 e. The molecule has 0 aliphatic rings. The molecular weight excluding hydrogens is 294 g/mol. The van der Waals surface area contributed by atoms with Gasteiger partial charge in [-0.15, -0.1) is 16.4 Å². The van der Waals surface area contributed by atoms with Gasteiger partial charge in [0.05, 0.1) is 10.0 Å². The summed E-state index contributed by atoms with van der Waals surface area (Å²) in [5.41, 5.74) is 1.95. The minimum atomic E-state index is 0.745. The summed E-state index contributed by atoms with van der Waals surface area (Å²) in [4.78, 5) is 1.19. The van der Waals surface area contributed by atoms with Crippen LogP contribution in [-0.4, -0.2) is 20.2 Å². The van der Waals surface area contributed by atoms with Gasteiger partial charge in [0.25, 0.3) is 0 Å². The van der Waals surface area contributed by atoms with Crippen LogP contribution in [0.2, 0.25) is 4.34 Å². The second-order valence-corrected chi connectivity index (χ2v) is 6.05. The molecule has 5 nitrogen and oxygen atoms in total. The van der Waals surface area contributed by atoms with E-state index in [1.165, 1.54) is 4.88 Å². The van der Waals surface area contributed by atoms with Crippen molar-refractivity contribution in [2.24, 2.45) is 0 Å². The van der Waals surface area contributed by atoms with Gasteiger partial charge in [-0.25, -0.2) is 0 Å². The molecule has 0 unspecified atom stereocenters. The lowest BCUT2D eigenvalue weighted by molar-refractivity contribution is 0.779. The first-order chi connectivity index (χ1) is 9.72. The van der Waals surface area contributed by atoms with Crippen LogP contribution in [0.15, 0.2) is 36.4 Å². The van der Waals surface area contributed by atoms with Crippen molar-refractivity contribution in [3.8, 4) is 5.69 Å². The van der Waals surface area contributed by atoms with E-state index in [1.54, 1.807) is 16.0 Å². The summed E-state index contributed by atoms with van der Waals surface area (Å²) in [6.45, 7) is 2.61. The Morgan fingerprint density at radius 3 is 2.90 bits per heavy atom. The molecule has 2 heterocycles. The zero-order chi connectivity index (χ0) is 13.9. The van der Waals surface area contributed by atoms with Gasteiger partial charge in [-0.2, -0.15) is 4.68 Å². The first-order valence-corrected chi connectivity index (χ1v) is 7.25. The van der Waals surface area contributed by atoms with Crippen molar-refractivity contribution in [2.45, 2.75) is 13.5 Å². The molecular formula is C13H12ClN5S. The van der Waals surface area contributed by atoms with Crippen LogP contribution in [0.1, 0.15) is 10.7 Å². The van der Waals surface area contributed by atoms with Crippen LogP contribution in [-0.2, 0) is 6.54 Å². The third-order valence-corrected chi connectivity index (χ3v) is 4.04. The molecule has 0 amide bonds. The van der Waals surface area contributed by atoms with Crippen LogP contribution in [0.25, 0.3) is 5.69 Å². The lowest BCUT2D eigenvalue weighted by atomic mass is 10.2. The number of tetrazole rings is 1. The minimum Gasteiger partial charge on any atom is -0.380 e. The van der Waals surface area contributed by atoms with E-state index in [9.17, 15) is 0 Å². The number of nitrogens with zero attached hydrogens (tertiary/aromatic N) is 4. The predicted molar refractivity (Wildman–Crippen MR) is 80.5 cm³/mol. The highest BCUT2D eigenvalue weighted by molar-refractivity contribution is 7.16. The molecule has 3 aromatic rings. The Kier molecular flexibility index (Phi) is 3.66. The fraction of sp³-hybridized carbons (Fsp3) is 0.154. The van der Waals surface area contributed by atoms with Crippen molar-refractivity contribution in [3.05, 3.63) is 51.4 Å². The predicted octanol–water partition coefficient (Wildman–Crippen LogP) is 3.30. The number of benzene rings is 1. The van der Waals surface area contributed by atoms with Gasteiger partial charge in [0, 0.05) is 17.1 Å². The number of anilines is 1. The van der Waals surface area contributed by atoms with Crippen molar-refractivity contribution >= 4 is 28.6 Å². The van der Waals surface area contributed by atoms with Crippen molar-refractivity contribution in [1.29, 1.82) is 0 Å². The maximum absolute atomic E-state index is 5.92. The summed E-state index contributed by atoms with van der Waals surface area (Å²) >= 11 is 7.49. The van der Waals surface area contributed by atoms with E-state index in [-0.39, 0.29) is 0 Å².